The number of carboxylic acid groups (broad SMARTS) is 1. The number of carbonyl (C=O) groups is 3. The number of carbonyl (C=O) groups excluding carboxylic acids is 2. The number of hydrogen-bond acceptors (Lipinski definition) is 7. The maximum atomic E-state index is 14.1. The van der Waals surface area contributed by atoms with Gasteiger partial charge in [-0.05, 0) is 25.7 Å². The molecule has 4 aliphatic heterocycles. The number of carboxylic acids is 1. The minimum absolute atomic E-state index is 0.0642. The van der Waals surface area contributed by atoms with Crippen LogP contribution in [-0.4, -0.2) is 124 Å². The average molecular weight is 558 g/mol. The number of nitrogens with zero attached hydrogens (tertiary/aromatic N) is 3. The van der Waals surface area contributed by atoms with E-state index < -0.39 is 35.6 Å². The number of morpholine rings is 1. The van der Waals surface area contributed by atoms with Gasteiger partial charge in [0.2, 0.25) is 11.8 Å². The number of aliphatic carboxylic acids is 1. The lowest BCUT2D eigenvalue weighted by Crippen LogP contribution is -2.57. The average Bonchev–Trinajstić information content (AvgIpc) is 3.43. The lowest BCUT2D eigenvalue weighted by Gasteiger charge is -2.38. The van der Waals surface area contributed by atoms with E-state index in [1.54, 1.807) is 15.9 Å². The summed E-state index contributed by atoms with van der Waals surface area (Å²) in [6.07, 6.45) is 3.38. The summed E-state index contributed by atoms with van der Waals surface area (Å²) in [5.74, 6) is -3.46. The molecule has 0 aromatic rings. The van der Waals surface area contributed by atoms with Crippen molar-refractivity contribution in [2.45, 2.75) is 48.3 Å². The highest BCUT2D eigenvalue weighted by molar-refractivity contribution is 9.09. The van der Waals surface area contributed by atoms with E-state index in [2.05, 4.69) is 27.4 Å². The predicted octanol–water partition coefficient (Wildman–Crippen LogP) is 0.328. The van der Waals surface area contributed by atoms with E-state index in [0.29, 0.717) is 65.1 Å². The first-order valence-electron chi connectivity index (χ1n) is 12.5. The Kier molecular flexibility index (Phi) is 8.53. The van der Waals surface area contributed by atoms with Gasteiger partial charge in [0, 0.05) is 50.7 Å². The molecule has 0 aromatic heterocycles. The number of aliphatic hydroxyl groups is 1. The van der Waals surface area contributed by atoms with Gasteiger partial charge in [-0.25, -0.2) is 0 Å². The molecular weight excluding hydrogens is 522 g/mol. The monoisotopic (exact) mass is 557 g/mol. The number of amides is 2. The molecule has 4 fully saturated rings. The number of rotatable bonds is 12. The second-order valence-corrected chi connectivity index (χ2v) is 11.0. The van der Waals surface area contributed by atoms with Gasteiger partial charge in [0.15, 0.2) is 0 Å². The molecule has 4 heterocycles. The summed E-state index contributed by atoms with van der Waals surface area (Å²) >= 11 is 3.57. The van der Waals surface area contributed by atoms with E-state index in [9.17, 15) is 19.5 Å². The number of alkyl halides is 1. The van der Waals surface area contributed by atoms with E-state index in [0.717, 1.165) is 13.1 Å². The molecule has 0 radical (unpaired) electrons. The first-order chi connectivity index (χ1) is 16.9. The molecule has 6 atom stereocenters. The van der Waals surface area contributed by atoms with E-state index in [-0.39, 0.29) is 23.2 Å². The van der Waals surface area contributed by atoms with Gasteiger partial charge in [-0.1, -0.05) is 22.0 Å². The second-order valence-electron chi connectivity index (χ2n) is 9.84. The smallest absolute Gasteiger partial charge is 0.310 e. The zero-order valence-electron chi connectivity index (χ0n) is 20.0. The van der Waals surface area contributed by atoms with Crippen molar-refractivity contribution in [1.82, 2.24) is 14.7 Å². The Balaban J connectivity index is 1.60. The van der Waals surface area contributed by atoms with Crippen molar-refractivity contribution in [2.75, 3.05) is 59.1 Å². The lowest BCUT2D eigenvalue weighted by molar-refractivity contribution is -0.150. The number of fused-ring (bicyclic) bond motifs is 1. The Morgan fingerprint density at radius 3 is 2.63 bits per heavy atom. The Morgan fingerprint density at radius 1 is 1.23 bits per heavy atom. The third kappa shape index (κ3) is 4.90. The molecule has 0 saturated carbocycles. The summed E-state index contributed by atoms with van der Waals surface area (Å²) in [6, 6.07) is -0.881. The molecule has 2 N–H and O–H groups in total. The molecule has 4 rings (SSSR count). The maximum absolute atomic E-state index is 14.1. The van der Waals surface area contributed by atoms with Crippen LogP contribution in [0.1, 0.15) is 25.7 Å². The number of likely N-dealkylation sites (tertiary alicyclic amines) is 1. The molecule has 1 spiro atoms. The third-order valence-corrected chi connectivity index (χ3v) is 8.66. The number of ether oxygens (including phenoxy) is 2. The van der Waals surface area contributed by atoms with Crippen LogP contribution in [0.4, 0.5) is 0 Å². The van der Waals surface area contributed by atoms with Gasteiger partial charge >= 0.3 is 5.97 Å². The maximum Gasteiger partial charge on any atom is 0.310 e. The molecular formula is C24H36BrN3O7. The summed E-state index contributed by atoms with van der Waals surface area (Å²) in [7, 11) is 0. The van der Waals surface area contributed by atoms with Gasteiger partial charge in [-0.2, -0.15) is 0 Å². The number of halogens is 1. The molecule has 1 unspecified atom stereocenters. The topological polar surface area (TPSA) is 120 Å². The first-order valence-corrected chi connectivity index (χ1v) is 13.4. The number of hydrogen-bond donors (Lipinski definition) is 2. The molecule has 35 heavy (non-hydrogen) atoms. The molecule has 2 amide bonds. The molecule has 2 bridgehead atoms. The SMILES string of the molecule is C=CCN(CCN1CCOCC1)C(=O)[C@H]1N(CCCCCO)C(=O)[C@@H]2[C@@H](C(=O)O)[C@@H]3O[C@@]21CC3Br. The van der Waals surface area contributed by atoms with Crippen LogP contribution in [0.15, 0.2) is 12.7 Å². The molecule has 0 aromatic carbocycles. The normalized spacial score (nSPS) is 34.3. The fraction of sp³-hybridized carbons (Fsp3) is 0.792. The highest BCUT2D eigenvalue weighted by Crippen LogP contribution is 2.60. The predicted molar refractivity (Wildman–Crippen MR) is 130 cm³/mol. The Hall–Kier alpha value is -1.53. The quantitative estimate of drug-likeness (QED) is 0.200. The van der Waals surface area contributed by atoms with E-state index in [1.165, 1.54) is 0 Å². The van der Waals surface area contributed by atoms with Crippen LogP contribution in [0, 0.1) is 11.8 Å². The highest BCUT2D eigenvalue weighted by Gasteiger charge is 2.76. The van der Waals surface area contributed by atoms with Crippen molar-refractivity contribution in [2.24, 2.45) is 11.8 Å². The second kappa shape index (κ2) is 11.2. The number of unbranched alkanes of at least 4 members (excludes halogenated alkanes) is 2. The fourth-order valence-corrected chi connectivity index (χ4v) is 7.15. The van der Waals surface area contributed by atoms with E-state index in [1.807, 2.05) is 0 Å². The van der Waals surface area contributed by atoms with Crippen LogP contribution >= 0.6 is 15.9 Å². The third-order valence-electron chi connectivity index (χ3n) is 7.82. The summed E-state index contributed by atoms with van der Waals surface area (Å²) in [5, 5.41) is 19.1. The van der Waals surface area contributed by atoms with Crippen LogP contribution < -0.4 is 0 Å². The molecule has 196 valence electrons. The van der Waals surface area contributed by atoms with Crippen molar-refractivity contribution in [3.63, 3.8) is 0 Å². The van der Waals surface area contributed by atoms with Gasteiger partial charge in [0.25, 0.3) is 0 Å². The van der Waals surface area contributed by atoms with Crippen molar-refractivity contribution >= 4 is 33.7 Å². The molecule has 4 aliphatic rings. The van der Waals surface area contributed by atoms with Gasteiger partial charge in [-0.15, -0.1) is 6.58 Å². The molecule has 0 aliphatic carbocycles. The molecule has 4 saturated heterocycles. The largest absolute Gasteiger partial charge is 0.481 e. The highest BCUT2D eigenvalue weighted by atomic mass is 79.9. The summed E-state index contributed by atoms with van der Waals surface area (Å²) in [4.78, 5) is 45.3. The number of aliphatic hydroxyl groups excluding tert-OH is 1. The zero-order valence-corrected chi connectivity index (χ0v) is 21.6. The fourth-order valence-electron chi connectivity index (χ4n) is 6.21. The first kappa shape index (κ1) is 26.5. The Labute approximate surface area is 214 Å². The van der Waals surface area contributed by atoms with Crippen LogP contribution in [0.3, 0.4) is 0 Å². The van der Waals surface area contributed by atoms with Crippen LogP contribution in [0.25, 0.3) is 0 Å². The Morgan fingerprint density at radius 2 is 1.97 bits per heavy atom. The van der Waals surface area contributed by atoms with Gasteiger partial charge < -0.3 is 29.5 Å². The summed E-state index contributed by atoms with van der Waals surface area (Å²) in [6.45, 7) is 8.62. The molecule has 11 heteroatoms. The lowest BCUT2D eigenvalue weighted by atomic mass is 9.70. The van der Waals surface area contributed by atoms with Crippen LogP contribution in [0.5, 0.6) is 0 Å². The zero-order chi connectivity index (χ0) is 25.2. The van der Waals surface area contributed by atoms with Crippen molar-refractivity contribution in [3.8, 4) is 0 Å². The standard InChI is InChI=1S/C24H36BrN3O7/c1-2-6-27(9-8-26-10-13-34-14-11-26)22(31)20-24-15-16(25)19(35-24)17(23(32)33)18(24)21(30)28(20)7-4-3-5-12-29/h2,16-20,29H,1,3-15H2,(H,32,33)/t16?,17-,18+,19-,20-,24+/m1/s1. The van der Waals surface area contributed by atoms with Gasteiger partial charge in [-0.3, -0.25) is 19.3 Å². The van der Waals surface area contributed by atoms with Crippen molar-refractivity contribution < 1.29 is 34.1 Å². The van der Waals surface area contributed by atoms with Crippen molar-refractivity contribution in [1.29, 1.82) is 0 Å². The minimum atomic E-state index is -1.16. The van der Waals surface area contributed by atoms with Crippen LogP contribution in [-0.2, 0) is 23.9 Å². The van der Waals surface area contributed by atoms with Gasteiger partial charge in [0.1, 0.15) is 11.6 Å². The Bertz CT molecular complexity index is 823. The summed E-state index contributed by atoms with van der Waals surface area (Å²) < 4.78 is 11.7. The minimum Gasteiger partial charge on any atom is -0.481 e. The molecule has 10 nitrogen and oxygen atoms in total. The van der Waals surface area contributed by atoms with E-state index >= 15 is 0 Å². The van der Waals surface area contributed by atoms with E-state index in [4.69, 9.17) is 14.6 Å². The van der Waals surface area contributed by atoms with Crippen LogP contribution in [0.2, 0.25) is 0 Å². The van der Waals surface area contributed by atoms with Gasteiger partial charge in [0.05, 0.1) is 31.2 Å². The van der Waals surface area contributed by atoms with Crippen molar-refractivity contribution in [3.05, 3.63) is 12.7 Å². The summed E-state index contributed by atoms with van der Waals surface area (Å²) in [5.41, 5.74) is -1.16.